The highest BCUT2D eigenvalue weighted by molar-refractivity contribution is 5.87. The number of aromatic amines is 1. The number of imidazole rings is 1. The topological polar surface area (TPSA) is 113 Å². The third kappa shape index (κ3) is 6.39. The number of nitrogens with one attached hydrogen (secondary N) is 2. The summed E-state index contributed by atoms with van der Waals surface area (Å²) in [6.45, 7) is 12.6. The van der Waals surface area contributed by atoms with E-state index in [4.69, 9.17) is 9.72 Å². The van der Waals surface area contributed by atoms with Crippen molar-refractivity contribution in [2.24, 2.45) is 5.92 Å². The summed E-state index contributed by atoms with van der Waals surface area (Å²) < 4.78 is 4.73. The summed E-state index contributed by atoms with van der Waals surface area (Å²) in [6, 6.07) is 15.4. The molecule has 0 saturated carbocycles. The van der Waals surface area contributed by atoms with Crippen LogP contribution in [-0.4, -0.2) is 56.8 Å². The Labute approximate surface area is 241 Å². The predicted octanol–water partition coefficient (Wildman–Crippen LogP) is 6.37. The fraction of sp³-hybridized carbons (Fsp3) is 0.406. The number of aryl methyl sites for hydroxylation is 2. The Hall–Kier alpha value is -4.27. The first-order valence-corrected chi connectivity index (χ1v) is 14.3. The largest absolute Gasteiger partial charge is 0.453 e. The van der Waals surface area contributed by atoms with Gasteiger partial charge in [0.25, 0.3) is 0 Å². The lowest BCUT2D eigenvalue weighted by Gasteiger charge is -2.29. The van der Waals surface area contributed by atoms with Crippen molar-refractivity contribution in [2.45, 2.75) is 66.5 Å². The average Bonchev–Trinajstić information content (AvgIpc) is 3.65. The van der Waals surface area contributed by atoms with Gasteiger partial charge in [0.2, 0.25) is 5.91 Å². The van der Waals surface area contributed by atoms with Crippen molar-refractivity contribution in [3.05, 3.63) is 65.5 Å². The van der Waals surface area contributed by atoms with Gasteiger partial charge in [-0.2, -0.15) is 0 Å². The van der Waals surface area contributed by atoms with E-state index in [2.05, 4.69) is 52.5 Å². The number of alkyl carbamates (subject to hydrolysis) is 1. The number of benzene rings is 2. The number of methoxy groups -OCH3 is 1. The summed E-state index contributed by atoms with van der Waals surface area (Å²) in [5.41, 5.74) is 7.74. The fourth-order valence-corrected chi connectivity index (χ4v) is 5.08. The van der Waals surface area contributed by atoms with Crippen molar-refractivity contribution < 1.29 is 14.3 Å². The van der Waals surface area contributed by atoms with Gasteiger partial charge in [-0.25, -0.2) is 9.78 Å². The van der Waals surface area contributed by atoms with Gasteiger partial charge in [-0.05, 0) is 74.1 Å². The second kappa shape index (κ2) is 12.9. The number of aromatic nitrogens is 4. The molecule has 9 nitrogen and oxygen atoms in total. The minimum absolute atomic E-state index is 0.0846. The number of likely N-dealkylation sites (tertiary alicyclic amines) is 1. The summed E-state index contributed by atoms with van der Waals surface area (Å²) in [4.78, 5) is 35.4. The number of rotatable bonds is 6. The van der Waals surface area contributed by atoms with Gasteiger partial charge in [0, 0.05) is 17.7 Å². The van der Waals surface area contributed by atoms with Crippen LogP contribution in [0.2, 0.25) is 0 Å². The Kier molecular flexibility index (Phi) is 9.37. The highest BCUT2D eigenvalue weighted by Gasteiger charge is 2.37. The maximum absolute atomic E-state index is 13.4. The molecule has 4 aromatic rings. The lowest BCUT2D eigenvalue weighted by molar-refractivity contribution is -0.135. The van der Waals surface area contributed by atoms with Gasteiger partial charge in [-0.1, -0.05) is 45.9 Å². The molecule has 2 atom stereocenters. The van der Waals surface area contributed by atoms with E-state index < -0.39 is 12.1 Å². The van der Waals surface area contributed by atoms with Gasteiger partial charge in [-0.3, -0.25) is 4.79 Å². The van der Waals surface area contributed by atoms with Gasteiger partial charge in [0.1, 0.15) is 11.9 Å². The zero-order valence-corrected chi connectivity index (χ0v) is 25.0. The van der Waals surface area contributed by atoms with Crippen LogP contribution in [0.25, 0.3) is 33.5 Å². The van der Waals surface area contributed by atoms with Crippen LogP contribution in [0.5, 0.6) is 0 Å². The van der Waals surface area contributed by atoms with Crippen molar-refractivity contribution in [1.29, 1.82) is 0 Å². The number of carbonyl (C=O) groups excluding carboxylic acids is 2. The van der Waals surface area contributed by atoms with E-state index >= 15 is 0 Å². The fourth-order valence-electron chi connectivity index (χ4n) is 5.08. The molecule has 2 aromatic carbocycles. The van der Waals surface area contributed by atoms with Crippen molar-refractivity contribution in [3.8, 4) is 22.5 Å². The van der Waals surface area contributed by atoms with Crippen LogP contribution in [0, 0.1) is 19.8 Å². The molecule has 3 heterocycles. The standard InChI is InChI=1S/C30H34N6O3.C2H6/c1-17(2)27(33-30(38)39-5)29(37)36-14-6-7-26(36)28-31-24-11-10-21(16-25(24)32-28)23-13-12-22(34-35-23)20-9-8-18(3)19(4)15-20;1-2/h8-13,15-17,26-27H,6-7,14H2,1-5H3,(H,31,32)(H,33,38);1-2H3. The maximum Gasteiger partial charge on any atom is 0.407 e. The van der Waals surface area contributed by atoms with Gasteiger partial charge in [0.15, 0.2) is 0 Å². The van der Waals surface area contributed by atoms with Crippen LogP contribution in [0.4, 0.5) is 4.79 Å². The monoisotopic (exact) mass is 556 g/mol. The third-order valence-corrected chi connectivity index (χ3v) is 7.51. The molecule has 0 spiro atoms. The molecule has 1 aliphatic heterocycles. The highest BCUT2D eigenvalue weighted by atomic mass is 16.5. The summed E-state index contributed by atoms with van der Waals surface area (Å²) in [6.07, 6.45) is 1.05. The zero-order chi connectivity index (χ0) is 29.7. The number of hydrogen-bond donors (Lipinski definition) is 2. The number of ether oxygens (including phenoxy) is 1. The van der Waals surface area contributed by atoms with Crippen molar-refractivity contribution >= 4 is 23.0 Å². The third-order valence-electron chi connectivity index (χ3n) is 7.51. The first-order valence-electron chi connectivity index (χ1n) is 14.3. The quantitative estimate of drug-likeness (QED) is 0.285. The van der Waals surface area contributed by atoms with Crippen LogP contribution in [0.15, 0.2) is 48.5 Å². The molecule has 1 saturated heterocycles. The number of fused-ring (bicyclic) bond motifs is 1. The van der Waals surface area contributed by atoms with Gasteiger partial charge >= 0.3 is 6.09 Å². The number of carbonyl (C=O) groups is 2. The lowest BCUT2D eigenvalue weighted by Crippen LogP contribution is -2.51. The van der Waals surface area contributed by atoms with Gasteiger partial charge < -0.3 is 19.9 Å². The smallest absolute Gasteiger partial charge is 0.407 e. The molecule has 2 unspecified atom stereocenters. The van der Waals surface area contributed by atoms with E-state index in [1.54, 1.807) is 0 Å². The summed E-state index contributed by atoms with van der Waals surface area (Å²) in [5.74, 6) is 0.529. The Morgan fingerprint density at radius 1 is 0.976 bits per heavy atom. The minimum Gasteiger partial charge on any atom is -0.453 e. The Morgan fingerprint density at radius 3 is 2.24 bits per heavy atom. The number of nitrogens with zero attached hydrogens (tertiary/aromatic N) is 4. The van der Waals surface area contributed by atoms with Crippen LogP contribution in [0.1, 0.15) is 63.5 Å². The maximum atomic E-state index is 13.4. The summed E-state index contributed by atoms with van der Waals surface area (Å²) >= 11 is 0. The number of H-pyrrole nitrogens is 1. The second-order valence-electron chi connectivity index (χ2n) is 10.5. The van der Waals surface area contributed by atoms with Crippen LogP contribution < -0.4 is 5.32 Å². The minimum atomic E-state index is -0.667. The molecule has 1 aliphatic rings. The van der Waals surface area contributed by atoms with Gasteiger partial charge in [0.05, 0.1) is 35.6 Å². The number of amides is 2. The van der Waals surface area contributed by atoms with Crippen LogP contribution in [-0.2, 0) is 9.53 Å². The van der Waals surface area contributed by atoms with Crippen LogP contribution in [0.3, 0.4) is 0 Å². The van der Waals surface area contributed by atoms with Crippen molar-refractivity contribution in [2.75, 3.05) is 13.7 Å². The first-order chi connectivity index (χ1) is 19.7. The molecule has 216 valence electrons. The van der Waals surface area contributed by atoms with E-state index in [1.807, 2.05) is 62.9 Å². The summed E-state index contributed by atoms with van der Waals surface area (Å²) in [7, 11) is 1.29. The van der Waals surface area contributed by atoms with E-state index in [0.717, 1.165) is 52.2 Å². The zero-order valence-electron chi connectivity index (χ0n) is 25.0. The lowest BCUT2D eigenvalue weighted by atomic mass is 10.0. The molecular formula is C32H40N6O3. The molecule has 2 N–H and O–H groups in total. The van der Waals surface area contributed by atoms with Crippen LogP contribution >= 0.6 is 0 Å². The second-order valence-corrected chi connectivity index (χ2v) is 10.5. The molecule has 41 heavy (non-hydrogen) atoms. The van der Waals surface area contributed by atoms with E-state index in [0.29, 0.717) is 6.54 Å². The average molecular weight is 557 g/mol. The molecular weight excluding hydrogens is 516 g/mol. The molecule has 2 aromatic heterocycles. The molecule has 0 bridgehead atoms. The molecule has 1 fully saturated rings. The van der Waals surface area contributed by atoms with Gasteiger partial charge in [-0.15, -0.1) is 10.2 Å². The first kappa shape index (κ1) is 29.7. The molecule has 2 amide bonds. The number of hydrogen-bond acceptors (Lipinski definition) is 6. The normalized spacial score (nSPS) is 15.4. The molecule has 0 radical (unpaired) electrons. The van der Waals surface area contributed by atoms with E-state index in [1.165, 1.54) is 18.2 Å². The van der Waals surface area contributed by atoms with Crippen molar-refractivity contribution in [3.63, 3.8) is 0 Å². The van der Waals surface area contributed by atoms with E-state index in [-0.39, 0.29) is 17.9 Å². The Morgan fingerprint density at radius 2 is 1.63 bits per heavy atom. The molecule has 5 rings (SSSR count). The Bertz CT molecular complexity index is 1510. The molecule has 0 aliphatic carbocycles. The summed E-state index contributed by atoms with van der Waals surface area (Å²) in [5, 5.41) is 11.7. The van der Waals surface area contributed by atoms with E-state index in [9.17, 15) is 9.59 Å². The Balaban J connectivity index is 0.00000189. The highest BCUT2D eigenvalue weighted by Crippen LogP contribution is 2.33. The molecule has 9 heteroatoms. The predicted molar refractivity (Wildman–Crippen MR) is 161 cm³/mol. The SMILES string of the molecule is CC.COC(=O)NC(C(=O)N1CCCC1c1nc2ccc(-c3ccc(-c4ccc(C)c(C)c4)nn3)cc2[nH]1)C(C)C. The van der Waals surface area contributed by atoms with Crippen molar-refractivity contribution in [1.82, 2.24) is 30.4 Å².